The second-order valence-corrected chi connectivity index (χ2v) is 7.41. The molecule has 0 fully saturated rings. The van der Waals surface area contributed by atoms with E-state index in [0.717, 1.165) is 5.56 Å². The van der Waals surface area contributed by atoms with Crippen molar-refractivity contribution in [3.05, 3.63) is 93.0 Å². The minimum atomic E-state index is -0.269. The van der Waals surface area contributed by atoms with Crippen molar-refractivity contribution in [2.75, 3.05) is 14.2 Å². The number of carbonyl (C=O) groups excluding carboxylic acids is 1. The lowest BCUT2D eigenvalue weighted by Crippen LogP contribution is -2.24. The molecular formula is C24H21N3O4S. The molecule has 7 nitrogen and oxygen atoms in total. The van der Waals surface area contributed by atoms with E-state index in [1.54, 1.807) is 56.7 Å². The molecule has 0 aliphatic rings. The van der Waals surface area contributed by atoms with Crippen molar-refractivity contribution in [1.82, 2.24) is 14.9 Å². The van der Waals surface area contributed by atoms with Crippen molar-refractivity contribution >= 4 is 29.0 Å². The summed E-state index contributed by atoms with van der Waals surface area (Å²) in [6, 6.07) is 19.4. The van der Waals surface area contributed by atoms with Crippen LogP contribution in [-0.4, -0.2) is 29.7 Å². The SMILES string of the molecule is COc1ccc(-n2c(=S)[nH]c3cc(C(=O)NCc4ccccc4OC)ccc3c2=O)cc1. The predicted octanol–water partition coefficient (Wildman–Crippen LogP) is 4.00. The van der Waals surface area contributed by atoms with E-state index in [2.05, 4.69) is 10.3 Å². The number of aromatic nitrogens is 2. The van der Waals surface area contributed by atoms with Crippen LogP contribution in [0, 0.1) is 4.77 Å². The first-order chi connectivity index (χ1) is 15.5. The van der Waals surface area contributed by atoms with Gasteiger partial charge < -0.3 is 19.8 Å². The molecule has 32 heavy (non-hydrogen) atoms. The highest BCUT2D eigenvalue weighted by atomic mass is 32.1. The number of carbonyl (C=O) groups is 1. The molecule has 1 heterocycles. The Morgan fingerprint density at radius 3 is 2.50 bits per heavy atom. The van der Waals surface area contributed by atoms with Gasteiger partial charge in [-0.2, -0.15) is 0 Å². The standard InChI is InChI=1S/C24H21N3O4S/c1-30-18-10-8-17(9-11-18)27-23(29)19-12-7-15(13-20(19)26-24(27)32)22(28)25-14-16-5-3-4-6-21(16)31-2/h3-13H,14H2,1-2H3,(H,25,28)(H,26,32). The zero-order chi connectivity index (χ0) is 22.7. The number of aromatic amines is 1. The largest absolute Gasteiger partial charge is 0.497 e. The molecule has 2 N–H and O–H groups in total. The third kappa shape index (κ3) is 4.13. The van der Waals surface area contributed by atoms with Gasteiger partial charge in [0.2, 0.25) is 0 Å². The van der Waals surface area contributed by atoms with E-state index in [9.17, 15) is 9.59 Å². The second kappa shape index (κ2) is 9.07. The number of nitrogens with zero attached hydrogens (tertiary/aromatic N) is 1. The van der Waals surface area contributed by atoms with E-state index in [0.29, 0.717) is 40.2 Å². The molecule has 0 radical (unpaired) electrons. The summed E-state index contributed by atoms with van der Waals surface area (Å²) in [4.78, 5) is 28.9. The maximum atomic E-state index is 13.1. The van der Waals surface area contributed by atoms with Crippen LogP contribution >= 0.6 is 12.2 Å². The molecule has 0 spiro atoms. The third-order valence-corrected chi connectivity index (χ3v) is 5.41. The van der Waals surface area contributed by atoms with E-state index >= 15 is 0 Å². The lowest BCUT2D eigenvalue weighted by molar-refractivity contribution is 0.0951. The quantitative estimate of drug-likeness (QED) is 0.437. The summed E-state index contributed by atoms with van der Waals surface area (Å²) in [7, 11) is 3.17. The van der Waals surface area contributed by atoms with Gasteiger partial charge in [-0.05, 0) is 60.7 Å². The molecule has 4 rings (SSSR count). The summed E-state index contributed by atoms with van der Waals surface area (Å²) in [6.07, 6.45) is 0. The van der Waals surface area contributed by atoms with Crippen molar-refractivity contribution in [3.63, 3.8) is 0 Å². The molecule has 4 aromatic rings. The highest BCUT2D eigenvalue weighted by Gasteiger charge is 2.12. The number of nitrogens with one attached hydrogen (secondary N) is 2. The fraction of sp³-hybridized carbons (Fsp3) is 0.125. The van der Waals surface area contributed by atoms with Crippen LogP contribution in [-0.2, 0) is 6.54 Å². The van der Waals surface area contributed by atoms with E-state index in [-0.39, 0.29) is 16.2 Å². The first kappa shape index (κ1) is 21.3. The molecule has 1 aromatic heterocycles. The normalized spacial score (nSPS) is 10.7. The monoisotopic (exact) mass is 447 g/mol. The number of hydrogen-bond acceptors (Lipinski definition) is 5. The zero-order valence-corrected chi connectivity index (χ0v) is 18.4. The highest BCUT2D eigenvalue weighted by molar-refractivity contribution is 7.71. The Morgan fingerprint density at radius 1 is 1.03 bits per heavy atom. The minimum Gasteiger partial charge on any atom is -0.497 e. The van der Waals surface area contributed by atoms with Gasteiger partial charge in [0, 0.05) is 17.7 Å². The van der Waals surface area contributed by atoms with E-state index in [1.807, 2.05) is 24.3 Å². The fourth-order valence-corrected chi connectivity index (χ4v) is 3.75. The Labute approximate surface area is 189 Å². The molecule has 0 bridgehead atoms. The molecule has 8 heteroatoms. The molecule has 162 valence electrons. The van der Waals surface area contributed by atoms with Crippen molar-refractivity contribution in [2.24, 2.45) is 0 Å². The van der Waals surface area contributed by atoms with Gasteiger partial charge in [0.1, 0.15) is 11.5 Å². The summed E-state index contributed by atoms with van der Waals surface area (Å²) >= 11 is 5.42. The molecule has 0 atom stereocenters. The summed E-state index contributed by atoms with van der Waals surface area (Å²) in [6.45, 7) is 0.315. The van der Waals surface area contributed by atoms with Crippen LogP contribution in [0.1, 0.15) is 15.9 Å². The number of methoxy groups -OCH3 is 2. The Hall–Kier alpha value is -3.91. The lowest BCUT2D eigenvalue weighted by atomic mass is 10.1. The number of para-hydroxylation sites is 1. The van der Waals surface area contributed by atoms with Crippen LogP contribution in [0.2, 0.25) is 0 Å². The van der Waals surface area contributed by atoms with Crippen LogP contribution in [0.25, 0.3) is 16.6 Å². The summed E-state index contributed by atoms with van der Waals surface area (Å²) in [5.74, 6) is 1.12. The number of benzene rings is 3. The van der Waals surface area contributed by atoms with Gasteiger partial charge in [-0.1, -0.05) is 18.2 Å². The first-order valence-corrected chi connectivity index (χ1v) is 10.3. The maximum absolute atomic E-state index is 13.1. The molecule has 0 aliphatic heterocycles. The smallest absolute Gasteiger partial charge is 0.266 e. The zero-order valence-electron chi connectivity index (χ0n) is 17.5. The van der Waals surface area contributed by atoms with Crippen molar-refractivity contribution in [3.8, 4) is 17.2 Å². The molecule has 0 saturated carbocycles. The van der Waals surface area contributed by atoms with Crippen molar-refractivity contribution < 1.29 is 14.3 Å². The second-order valence-electron chi connectivity index (χ2n) is 7.02. The number of H-pyrrole nitrogens is 1. The number of hydrogen-bond donors (Lipinski definition) is 2. The molecule has 0 unspecified atom stereocenters. The minimum absolute atomic E-state index is 0.235. The van der Waals surface area contributed by atoms with Crippen molar-refractivity contribution in [2.45, 2.75) is 6.54 Å². The summed E-state index contributed by atoms with van der Waals surface area (Å²) < 4.78 is 12.1. The molecule has 0 aliphatic carbocycles. The lowest BCUT2D eigenvalue weighted by Gasteiger charge is -2.11. The first-order valence-electron chi connectivity index (χ1n) is 9.85. The number of rotatable bonds is 6. The number of ether oxygens (including phenoxy) is 2. The maximum Gasteiger partial charge on any atom is 0.266 e. The third-order valence-electron chi connectivity index (χ3n) is 5.12. The predicted molar refractivity (Wildman–Crippen MR) is 125 cm³/mol. The van der Waals surface area contributed by atoms with Gasteiger partial charge in [0.25, 0.3) is 11.5 Å². The average molecular weight is 448 g/mol. The van der Waals surface area contributed by atoms with Crippen LogP contribution < -0.4 is 20.3 Å². The van der Waals surface area contributed by atoms with Crippen LogP contribution in [0.4, 0.5) is 0 Å². The Kier molecular flexibility index (Phi) is 6.04. The molecular weight excluding hydrogens is 426 g/mol. The van der Waals surface area contributed by atoms with Crippen LogP contribution in [0.5, 0.6) is 11.5 Å². The van der Waals surface area contributed by atoms with E-state index < -0.39 is 0 Å². The highest BCUT2D eigenvalue weighted by Crippen LogP contribution is 2.18. The van der Waals surface area contributed by atoms with Crippen LogP contribution in [0.3, 0.4) is 0 Å². The van der Waals surface area contributed by atoms with Gasteiger partial charge >= 0.3 is 0 Å². The summed E-state index contributed by atoms with van der Waals surface area (Å²) in [5, 5.41) is 3.30. The molecule has 0 saturated heterocycles. The fourth-order valence-electron chi connectivity index (χ4n) is 3.45. The Balaban J connectivity index is 1.63. The van der Waals surface area contributed by atoms with Crippen LogP contribution in [0.15, 0.2) is 71.5 Å². The van der Waals surface area contributed by atoms with Crippen molar-refractivity contribution in [1.29, 1.82) is 0 Å². The number of amides is 1. The topological polar surface area (TPSA) is 85.3 Å². The van der Waals surface area contributed by atoms with E-state index in [4.69, 9.17) is 21.7 Å². The molecule has 3 aromatic carbocycles. The number of fused-ring (bicyclic) bond motifs is 1. The Bertz CT molecular complexity index is 1410. The van der Waals surface area contributed by atoms with Gasteiger partial charge in [-0.3, -0.25) is 14.2 Å². The average Bonchev–Trinajstić information content (AvgIpc) is 2.82. The molecule has 1 amide bonds. The van der Waals surface area contributed by atoms with Gasteiger partial charge in [0.15, 0.2) is 4.77 Å². The van der Waals surface area contributed by atoms with Gasteiger partial charge in [-0.25, -0.2) is 0 Å². The van der Waals surface area contributed by atoms with E-state index in [1.165, 1.54) is 4.57 Å². The summed E-state index contributed by atoms with van der Waals surface area (Å²) in [5.41, 5.74) is 2.13. The van der Waals surface area contributed by atoms with Gasteiger partial charge in [0.05, 0.1) is 30.8 Å². The van der Waals surface area contributed by atoms with Gasteiger partial charge in [-0.15, -0.1) is 0 Å². The Morgan fingerprint density at radius 2 is 1.78 bits per heavy atom.